The van der Waals surface area contributed by atoms with Crippen LogP contribution in [0.1, 0.15) is 19.4 Å². The summed E-state index contributed by atoms with van der Waals surface area (Å²) in [5, 5.41) is 0. The Morgan fingerprint density at radius 1 is 1.24 bits per heavy atom. The molecule has 0 saturated carbocycles. The van der Waals surface area contributed by atoms with Crippen molar-refractivity contribution in [1.29, 1.82) is 0 Å². The van der Waals surface area contributed by atoms with E-state index < -0.39 is 11.6 Å². The van der Waals surface area contributed by atoms with Crippen LogP contribution < -0.4 is 5.73 Å². The van der Waals surface area contributed by atoms with Gasteiger partial charge in [-0.2, -0.15) is 0 Å². The van der Waals surface area contributed by atoms with Crippen LogP contribution in [-0.4, -0.2) is 24.5 Å². The Bertz CT molecular complexity index is 335. The zero-order valence-corrected chi connectivity index (χ0v) is 10.4. The van der Waals surface area contributed by atoms with Gasteiger partial charge < -0.3 is 5.73 Å². The van der Waals surface area contributed by atoms with E-state index in [1.807, 2.05) is 6.92 Å². The van der Waals surface area contributed by atoms with Gasteiger partial charge >= 0.3 is 0 Å². The van der Waals surface area contributed by atoms with Gasteiger partial charge in [-0.25, -0.2) is 8.78 Å². The standard InChI is InChI=1S/C13H20F2N2/c1-3-17(8-10(2)7-16)9-11-4-12(14)6-13(15)5-11/h4-6,10H,3,7-9,16H2,1-2H3. The van der Waals surface area contributed by atoms with E-state index in [1.165, 1.54) is 12.1 Å². The van der Waals surface area contributed by atoms with E-state index in [2.05, 4.69) is 11.8 Å². The highest BCUT2D eigenvalue weighted by atomic mass is 19.1. The van der Waals surface area contributed by atoms with Crippen molar-refractivity contribution < 1.29 is 8.78 Å². The summed E-state index contributed by atoms with van der Waals surface area (Å²) in [5.74, 6) is -0.667. The third-order valence-corrected chi connectivity index (χ3v) is 2.75. The van der Waals surface area contributed by atoms with Crippen LogP contribution >= 0.6 is 0 Å². The first-order valence-electron chi connectivity index (χ1n) is 5.92. The first kappa shape index (κ1) is 14.1. The van der Waals surface area contributed by atoms with Gasteiger partial charge in [0.15, 0.2) is 0 Å². The maximum absolute atomic E-state index is 13.0. The lowest BCUT2D eigenvalue weighted by molar-refractivity contribution is 0.243. The van der Waals surface area contributed by atoms with Crippen LogP contribution in [0.3, 0.4) is 0 Å². The third-order valence-electron chi connectivity index (χ3n) is 2.75. The summed E-state index contributed by atoms with van der Waals surface area (Å²) in [6, 6.07) is 3.64. The zero-order valence-electron chi connectivity index (χ0n) is 10.4. The average molecular weight is 242 g/mol. The summed E-state index contributed by atoms with van der Waals surface area (Å²) in [7, 11) is 0. The minimum Gasteiger partial charge on any atom is -0.330 e. The Morgan fingerprint density at radius 3 is 2.29 bits per heavy atom. The summed E-state index contributed by atoms with van der Waals surface area (Å²) >= 11 is 0. The highest BCUT2D eigenvalue weighted by Gasteiger charge is 2.09. The molecule has 1 atom stereocenters. The lowest BCUT2D eigenvalue weighted by Gasteiger charge is -2.23. The Morgan fingerprint density at radius 2 is 1.82 bits per heavy atom. The van der Waals surface area contributed by atoms with Crippen molar-refractivity contribution in [1.82, 2.24) is 4.90 Å². The molecule has 0 fully saturated rings. The molecule has 0 aromatic heterocycles. The normalized spacial score (nSPS) is 13.1. The molecule has 0 bridgehead atoms. The summed E-state index contributed by atoms with van der Waals surface area (Å²) in [4.78, 5) is 2.13. The van der Waals surface area contributed by atoms with Gasteiger partial charge in [0.05, 0.1) is 0 Å². The monoisotopic (exact) mass is 242 g/mol. The molecule has 0 heterocycles. The highest BCUT2D eigenvalue weighted by Crippen LogP contribution is 2.11. The maximum Gasteiger partial charge on any atom is 0.126 e. The number of benzene rings is 1. The molecule has 0 aliphatic carbocycles. The molecular weight excluding hydrogens is 222 g/mol. The molecule has 2 nitrogen and oxygen atoms in total. The molecule has 1 aromatic carbocycles. The lowest BCUT2D eigenvalue weighted by Crippen LogP contribution is -2.31. The Hall–Kier alpha value is -1.00. The Labute approximate surface area is 101 Å². The van der Waals surface area contributed by atoms with Gasteiger partial charge in [-0.3, -0.25) is 4.90 Å². The van der Waals surface area contributed by atoms with Gasteiger partial charge in [0.2, 0.25) is 0 Å². The van der Waals surface area contributed by atoms with E-state index in [9.17, 15) is 8.78 Å². The molecular formula is C13H20F2N2. The fraction of sp³-hybridized carbons (Fsp3) is 0.538. The smallest absolute Gasteiger partial charge is 0.126 e. The van der Waals surface area contributed by atoms with Crippen LogP contribution in [0, 0.1) is 17.6 Å². The van der Waals surface area contributed by atoms with Crippen LogP contribution in [0.15, 0.2) is 18.2 Å². The van der Waals surface area contributed by atoms with E-state index in [-0.39, 0.29) is 0 Å². The average Bonchev–Trinajstić information content (AvgIpc) is 2.26. The predicted molar refractivity (Wildman–Crippen MR) is 65.5 cm³/mol. The third kappa shape index (κ3) is 4.79. The predicted octanol–water partition coefficient (Wildman–Crippen LogP) is 2.38. The second-order valence-electron chi connectivity index (χ2n) is 4.45. The summed E-state index contributed by atoms with van der Waals surface area (Å²) < 4.78 is 26.1. The SMILES string of the molecule is CCN(Cc1cc(F)cc(F)c1)CC(C)CN. The minimum absolute atomic E-state index is 0.383. The van der Waals surface area contributed by atoms with E-state index in [0.29, 0.717) is 24.6 Å². The highest BCUT2D eigenvalue weighted by molar-refractivity contribution is 5.17. The Balaban J connectivity index is 2.66. The number of rotatable bonds is 6. The van der Waals surface area contributed by atoms with Crippen LogP contribution in [0.25, 0.3) is 0 Å². The molecule has 0 aliphatic rings. The van der Waals surface area contributed by atoms with Crippen LogP contribution in [0.2, 0.25) is 0 Å². The van der Waals surface area contributed by atoms with Crippen LogP contribution in [-0.2, 0) is 6.54 Å². The van der Waals surface area contributed by atoms with Crippen LogP contribution in [0.5, 0.6) is 0 Å². The van der Waals surface area contributed by atoms with E-state index >= 15 is 0 Å². The van der Waals surface area contributed by atoms with Gasteiger partial charge in [0.25, 0.3) is 0 Å². The van der Waals surface area contributed by atoms with Crippen molar-refractivity contribution in [2.24, 2.45) is 11.7 Å². The number of nitrogens with zero attached hydrogens (tertiary/aromatic N) is 1. The maximum atomic E-state index is 13.0. The largest absolute Gasteiger partial charge is 0.330 e. The fourth-order valence-corrected chi connectivity index (χ4v) is 1.78. The fourth-order valence-electron chi connectivity index (χ4n) is 1.78. The molecule has 0 aliphatic heterocycles. The first-order valence-corrected chi connectivity index (χ1v) is 5.92. The van der Waals surface area contributed by atoms with E-state index in [1.54, 1.807) is 0 Å². The number of nitrogens with two attached hydrogens (primary N) is 1. The molecule has 96 valence electrons. The summed E-state index contributed by atoms with van der Waals surface area (Å²) in [6.07, 6.45) is 0. The second kappa shape index (κ2) is 6.67. The molecule has 0 saturated heterocycles. The quantitative estimate of drug-likeness (QED) is 0.830. The van der Waals surface area contributed by atoms with Crippen molar-refractivity contribution in [3.8, 4) is 0 Å². The zero-order chi connectivity index (χ0) is 12.8. The molecule has 17 heavy (non-hydrogen) atoms. The molecule has 0 spiro atoms. The van der Waals surface area contributed by atoms with Gasteiger partial charge in [0, 0.05) is 19.2 Å². The second-order valence-corrected chi connectivity index (χ2v) is 4.45. The molecule has 1 unspecified atom stereocenters. The molecule has 1 aromatic rings. The number of halogens is 2. The number of hydrogen-bond acceptors (Lipinski definition) is 2. The molecule has 0 amide bonds. The summed E-state index contributed by atoms with van der Waals surface area (Å²) in [5.41, 5.74) is 6.23. The topological polar surface area (TPSA) is 29.3 Å². The summed E-state index contributed by atoms with van der Waals surface area (Å²) in [6.45, 7) is 6.94. The van der Waals surface area contributed by atoms with Crippen LogP contribution in [0.4, 0.5) is 8.78 Å². The van der Waals surface area contributed by atoms with Gasteiger partial charge in [0.1, 0.15) is 11.6 Å². The van der Waals surface area contributed by atoms with Gasteiger partial charge in [-0.1, -0.05) is 13.8 Å². The van der Waals surface area contributed by atoms with Crippen molar-refractivity contribution >= 4 is 0 Å². The first-order chi connectivity index (χ1) is 8.05. The number of hydrogen-bond donors (Lipinski definition) is 1. The van der Waals surface area contributed by atoms with Crippen molar-refractivity contribution in [2.45, 2.75) is 20.4 Å². The molecule has 1 rings (SSSR count). The molecule has 0 radical (unpaired) electrons. The van der Waals surface area contributed by atoms with Gasteiger partial charge in [-0.05, 0) is 36.7 Å². The van der Waals surface area contributed by atoms with E-state index in [4.69, 9.17) is 5.73 Å². The van der Waals surface area contributed by atoms with E-state index in [0.717, 1.165) is 19.2 Å². The lowest BCUT2D eigenvalue weighted by atomic mass is 10.1. The van der Waals surface area contributed by atoms with Crippen molar-refractivity contribution in [3.63, 3.8) is 0 Å². The van der Waals surface area contributed by atoms with Crippen molar-refractivity contribution in [2.75, 3.05) is 19.6 Å². The molecule has 2 N–H and O–H groups in total. The molecule has 4 heteroatoms. The Kier molecular flexibility index (Phi) is 5.51. The van der Waals surface area contributed by atoms with Gasteiger partial charge in [-0.15, -0.1) is 0 Å². The minimum atomic E-state index is -0.525. The van der Waals surface area contributed by atoms with Crippen molar-refractivity contribution in [3.05, 3.63) is 35.4 Å².